The fraction of sp³-hybridized carbons (Fsp3) is 0.879. The Hall–Kier alpha value is -3.00. The van der Waals surface area contributed by atoms with E-state index >= 15 is 0 Å². The number of carbonyl (C=O) groups is 4. The normalized spacial score (nSPS) is 20.3. The van der Waals surface area contributed by atoms with E-state index in [0.717, 1.165) is 128 Å². The van der Waals surface area contributed by atoms with Crippen LogP contribution in [0.5, 0.6) is 0 Å². The monoisotopic (exact) mass is 1120 g/mol. The second-order valence-corrected chi connectivity index (χ2v) is 23.8. The van der Waals surface area contributed by atoms with Gasteiger partial charge in [0.1, 0.15) is 19.3 Å². The number of esters is 3. The van der Waals surface area contributed by atoms with Gasteiger partial charge in [-0.25, -0.2) is 4.79 Å². The predicted molar refractivity (Wildman–Crippen MR) is 315 cm³/mol. The first kappa shape index (κ1) is 70.3. The zero-order chi connectivity index (χ0) is 57.1. The van der Waals surface area contributed by atoms with Crippen molar-refractivity contribution in [3.8, 4) is 0 Å². The first-order valence-corrected chi connectivity index (χ1v) is 32.8. The highest BCUT2D eigenvalue weighted by Gasteiger charge is 2.41. The molecule has 3 aliphatic heterocycles. The van der Waals surface area contributed by atoms with E-state index in [2.05, 4.69) is 33.9 Å². The van der Waals surface area contributed by atoms with Crippen LogP contribution in [0.15, 0.2) is 24.5 Å². The van der Waals surface area contributed by atoms with Gasteiger partial charge in [-0.05, 0) is 64.2 Å². The Balaban J connectivity index is 1.33. The van der Waals surface area contributed by atoms with E-state index in [0.29, 0.717) is 68.7 Å². The standard InChI is InChI=1S/C66H116O13/c1-6-9-12-15-17-23-33-41-57-59(76-57)43-35-26-20-28-37-46-63(68)73-50-54(51-74-64(69)47-38-29-21-27-36-44-60-58(77-60)42-34-24-18-16-13-10-7-2)75-53(5)39-30-22-19-25-32-40-56(79-65(70)48-52(4)66(71)72)55(67)49-62-61(78-62)45-31-14-11-8-3/h54-62,67H,4-51H2,1-3H3,(H,71,72). The van der Waals surface area contributed by atoms with Gasteiger partial charge in [0, 0.05) is 31.3 Å². The summed E-state index contributed by atoms with van der Waals surface area (Å²) in [5.41, 5.74) is -0.253. The Morgan fingerprint density at radius 3 is 1.19 bits per heavy atom. The average Bonchev–Trinajstić information content (AvgIpc) is 4.38. The smallest absolute Gasteiger partial charge is 0.331 e. The summed E-state index contributed by atoms with van der Waals surface area (Å²) in [6, 6.07) is 0. The number of hydrogen-bond acceptors (Lipinski definition) is 12. The molecule has 0 aromatic heterocycles. The number of unbranched alkanes of at least 4 members (excludes halogenated alkanes) is 27. The molecule has 8 atom stereocenters. The number of allylic oxidation sites excluding steroid dienone is 1. The molecule has 3 rings (SSSR count). The molecule has 3 aliphatic rings. The molecule has 2 N–H and O–H groups in total. The molecule has 0 saturated carbocycles. The molecule has 3 saturated heterocycles. The Morgan fingerprint density at radius 1 is 0.430 bits per heavy atom. The van der Waals surface area contributed by atoms with Crippen LogP contribution in [0.1, 0.15) is 303 Å². The van der Waals surface area contributed by atoms with Gasteiger partial charge < -0.3 is 43.4 Å². The van der Waals surface area contributed by atoms with Crippen molar-refractivity contribution in [2.75, 3.05) is 13.2 Å². The van der Waals surface area contributed by atoms with Crippen molar-refractivity contribution in [3.63, 3.8) is 0 Å². The zero-order valence-electron chi connectivity index (χ0n) is 50.5. The Kier molecular flexibility index (Phi) is 40.5. The molecule has 0 amide bonds. The summed E-state index contributed by atoms with van der Waals surface area (Å²) in [7, 11) is 0. The van der Waals surface area contributed by atoms with Crippen LogP contribution in [0.3, 0.4) is 0 Å². The molecule has 8 unspecified atom stereocenters. The molecule has 0 aromatic carbocycles. The number of ether oxygens (including phenoxy) is 7. The van der Waals surface area contributed by atoms with Gasteiger partial charge in [-0.2, -0.15) is 0 Å². The number of carboxylic acid groups (broad SMARTS) is 1. The van der Waals surface area contributed by atoms with Gasteiger partial charge in [-0.15, -0.1) is 0 Å². The van der Waals surface area contributed by atoms with Crippen molar-refractivity contribution in [2.45, 2.75) is 358 Å². The van der Waals surface area contributed by atoms with Crippen molar-refractivity contribution in [2.24, 2.45) is 0 Å². The summed E-state index contributed by atoms with van der Waals surface area (Å²) >= 11 is 0. The molecule has 0 aliphatic carbocycles. The maximum atomic E-state index is 12.9. The number of rotatable bonds is 58. The third-order valence-corrected chi connectivity index (χ3v) is 16.3. The lowest BCUT2D eigenvalue weighted by atomic mass is 9.99. The predicted octanol–water partition coefficient (Wildman–Crippen LogP) is 16.4. The third kappa shape index (κ3) is 37.7. The Bertz CT molecular complexity index is 1560. The Labute approximate surface area is 480 Å². The maximum Gasteiger partial charge on any atom is 0.331 e. The second-order valence-electron chi connectivity index (χ2n) is 23.8. The highest BCUT2D eigenvalue weighted by atomic mass is 16.6. The molecule has 79 heavy (non-hydrogen) atoms. The van der Waals surface area contributed by atoms with Crippen LogP contribution in [0.2, 0.25) is 0 Å². The topological polar surface area (TPSA) is 183 Å². The first-order chi connectivity index (χ1) is 38.4. The van der Waals surface area contributed by atoms with Gasteiger partial charge in [0.05, 0.1) is 54.9 Å². The van der Waals surface area contributed by atoms with Crippen LogP contribution in [0.4, 0.5) is 0 Å². The third-order valence-electron chi connectivity index (χ3n) is 16.3. The van der Waals surface area contributed by atoms with Crippen molar-refractivity contribution in [3.05, 3.63) is 24.5 Å². The summed E-state index contributed by atoms with van der Waals surface area (Å²) in [5, 5.41) is 20.4. The lowest BCUT2D eigenvalue weighted by molar-refractivity contribution is -0.156. The first-order valence-electron chi connectivity index (χ1n) is 32.8. The van der Waals surface area contributed by atoms with E-state index in [1.807, 2.05) is 0 Å². The number of aliphatic carboxylic acids is 1. The fourth-order valence-corrected chi connectivity index (χ4v) is 11.0. The average molecular weight is 1120 g/mol. The van der Waals surface area contributed by atoms with Crippen molar-refractivity contribution < 1.29 is 62.5 Å². The van der Waals surface area contributed by atoms with Gasteiger partial charge in [0.15, 0.2) is 6.10 Å². The molecule has 3 fully saturated rings. The molecule has 458 valence electrons. The van der Waals surface area contributed by atoms with E-state index in [1.165, 1.54) is 109 Å². The summed E-state index contributed by atoms with van der Waals surface area (Å²) in [5.74, 6) is -1.98. The maximum absolute atomic E-state index is 12.9. The summed E-state index contributed by atoms with van der Waals surface area (Å²) in [4.78, 5) is 49.7. The van der Waals surface area contributed by atoms with Crippen LogP contribution in [-0.4, -0.2) is 102 Å². The van der Waals surface area contributed by atoms with Crippen molar-refractivity contribution >= 4 is 23.9 Å². The zero-order valence-corrected chi connectivity index (χ0v) is 50.5. The molecule has 13 heteroatoms. The minimum atomic E-state index is -1.26. The molecular formula is C66H116O13. The minimum absolute atomic E-state index is 0.0222. The van der Waals surface area contributed by atoms with Gasteiger partial charge >= 0.3 is 23.9 Å². The highest BCUT2D eigenvalue weighted by molar-refractivity contribution is 5.91. The molecule has 3 heterocycles. The molecule has 0 spiro atoms. The molecule has 0 aromatic rings. The fourth-order valence-electron chi connectivity index (χ4n) is 11.0. The van der Waals surface area contributed by atoms with E-state index in [1.54, 1.807) is 0 Å². The van der Waals surface area contributed by atoms with E-state index in [-0.39, 0.29) is 42.9 Å². The highest BCUT2D eigenvalue weighted by Crippen LogP contribution is 2.35. The largest absolute Gasteiger partial charge is 0.488 e. The molecular weight excluding hydrogens is 1000 g/mol. The van der Waals surface area contributed by atoms with E-state index in [4.69, 9.17) is 33.2 Å². The van der Waals surface area contributed by atoms with Gasteiger partial charge in [-0.3, -0.25) is 14.4 Å². The number of aliphatic hydroxyl groups excluding tert-OH is 1. The number of carbonyl (C=O) groups excluding carboxylic acids is 3. The lowest BCUT2D eigenvalue weighted by Crippen LogP contribution is -2.33. The minimum Gasteiger partial charge on any atom is -0.488 e. The summed E-state index contributed by atoms with van der Waals surface area (Å²) < 4.78 is 40.9. The summed E-state index contributed by atoms with van der Waals surface area (Å²) in [6.45, 7) is 14.3. The molecule has 0 radical (unpaired) electrons. The van der Waals surface area contributed by atoms with E-state index in [9.17, 15) is 29.4 Å². The number of hydrogen-bond donors (Lipinski definition) is 2. The van der Waals surface area contributed by atoms with Crippen LogP contribution in [-0.2, 0) is 52.3 Å². The van der Waals surface area contributed by atoms with Crippen LogP contribution >= 0.6 is 0 Å². The van der Waals surface area contributed by atoms with Crippen molar-refractivity contribution in [1.29, 1.82) is 0 Å². The molecule has 13 nitrogen and oxygen atoms in total. The van der Waals surface area contributed by atoms with Gasteiger partial charge in [0.2, 0.25) is 0 Å². The number of carboxylic acids is 1. The SMILES string of the molecule is C=C(CCCCCCCC(OC(=O)CC(=C)C(=O)O)C(O)CC1OC1CCCCCC)OC(COC(=O)CCCCCCCC1OC1CCCCCCCCC)COC(=O)CCCCCCCC1OC1CCCCCCCCC. The number of aliphatic hydroxyl groups is 1. The quantitative estimate of drug-likeness (QED) is 0.0147. The van der Waals surface area contributed by atoms with Gasteiger partial charge in [-0.1, -0.05) is 220 Å². The lowest BCUT2D eigenvalue weighted by Gasteiger charge is -2.23. The van der Waals surface area contributed by atoms with Crippen LogP contribution in [0.25, 0.3) is 0 Å². The van der Waals surface area contributed by atoms with Gasteiger partial charge in [0.25, 0.3) is 0 Å². The van der Waals surface area contributed by atoms with Crippen LogP contribution < -0.4 is 0 Å². The van der Waals surface area contributed by atoms with Crippen LogP contribution in [0, 0.1) is 0 Å². The second kappa shape index (κ2) is 45.5. The Morgan fingerprint density at radius 2 is 0.772 bits per heavy atom. The number of epoxide rings is 3. The van der Waals surface area contributed by atoms with Crippen molar-refractivity contribution in [1.82, 2.24) is 0 Å². The van der Waals surface area contributed by atoms with E-state index < -0.39 is 36.7 Å². The summed E-state index contributed by atoms with van der Waals surface area (Å²) in [6.07, 6.45) is 44.5. The molecule has 0 bridgehead atoms.